The Kier molecular flexibility index (Phi) is 4.79. The summed E-state index contributed by atoms with van der Waals surface area (Å²) >= 11 is 0. The largest absolute Gasteiger partial charge is 0.497 e. The Morgan fingerprint density at radius 3 is 2.64 bits per heavy atom. The first kappa shape index (κ1) is 10.8. The predicted octanol–water partition coefficient (Wildman–Crippen LogP) is 2.36. The fraction of sp³-hybridized carbons (Fsp3) is 0.333. The Morgan fingerprint density at radius 1 is 1.36 bits per heavy atom. The van der Waals surface area contributed by atoms with E-state index in [9.17, 15) is 0 Å². The number of hydrogen-bond donors (Lipinski definition) is 1. The van der Waals surface area contributed by atoms with Crippen LogP contribution in [0.25, 0.3) is 0 Å². The van der Waals surface area contributed by atoms with E-state index in [-0.39, 0.29) is 0 Å². The van der Waals surface area contributed by atoms with Crippen molar-refractivity contribution in [3.8, 4) is 5.75 Å². The van der Waals surface area contributed by atoms with Crippen molar-refractivity contribution in [3.05, 3.63) is 42.5 Å². The van der Waals surface area contributed by atoms with Gasteiger partial charge in [0.25, 0.3) is 0 Å². The van der Waals surface area contributed by atoms with Crippen LogP contribution in [0.15, 0.2) is 36.9 Å². The van der Waals surface area contributed by atoms with Gasteiger partial charge in [0.1, 0.15) is 5.75 Å². The highest BCUT2D eigenvalue weighted by molar-refractivity contribution is 5.26. The van der Waals surface area contributed by atoms with Gasteiger partial charge in [-0.3, -0.25) is 0 Å². The highest BCUT2D eigenvalue weighted by atomic mass is 16.5. The highest BCUT2D eigenvalue weighted by Gasteiger charge is 1.92. The second-order valence-electron chi connectivity index (χ2n) is 3.10. The molecule has 0 heterocycles. The summed E-state index contributed by atoms with van der Waals surface area (Å²) in [5, 5.41) is 3.33. The lowest BCUT2D eigenvalue weighted by atomic mass is 10.2. The predicted molar refractivity (Wildman–Crippen MR) is 59.5 cm³/mol. The van der Waals surface area contributed by atoms with Gasteiger partial charge in [0.15, 0.2) is 0 Å². The molecule has 0 aromatic heterocycles. The van der Waals surface area contributed by atoms with Crippen molar-refractivity contribution in [2.75, 3.05) is 13.7 Å². The minimum atomic E-state index is 0.901. The number of rotatable bonds is 6. The van der Waals surface area contributed by atoms with Gasteiger partial charge in [0, 0.05) is 6.54 Å². The first-order valence-corrected chi connectivity index (χ1v) is 4.81. The van der Waals surface area contributed by atoms with Crippen LogP contribution in [0, 0.1) is 0 Å². The van der Waals surface area contributed by atoms with Gasteiger partial charge >= 0.3 is 0 Å². The van der Waals surface area contributed by atoms with E-state index >= 15 is 0 Å². The normalized spacial score (nSPS) is 9.79. The van der Waals surface area contributed by atoms with Gasteiger partial charge < -0.3 is 10.1 Å². The van der Waals surface area contributed by atoms with Crippen molar-refractivity contribution in [3.63, 3.8) is 0 Å². The molecular weight excluding hydrogens is 174 g/mol. The second-order valence-corrected chi connectivity index (χ2v) is 3.10. The molecule has 76 valence electrons. The molecule has 0 atom stereocenters. The van der Waals surface area contributed by atoms with Gasteiger partial charge in [-0.05, 0) is 30.7 Å². The molecule has 0 bridgehead atoms. The average molecular weight is 191 g/mol. The van der Waals surface area contributed by atoms with E-state index in [2.05, 4.69) is 24.0 Å². The maximum Gasteiger partial charge on any atom is 0.118 e. The molecule has 0 fully saturated rings. The molecular formula is C12H17NO. The van der Waals surface area contributed by atoms with Crippen molar-refractivity contribution in [1.82, 2.24) is 5.32 Å². The molecule has 1 rings (SSSR count). The van der Waals surface area contributed by atoms with Crippen LogP contribution in [0.2, 0.25) is 0 Å². The third-order valence-corrected chi connectivity index (χ3v) is 2.01. The Bertz CT molecular complexity index is 266. The van der Waals surface area contributed by atoms with Crippen LogP contribution in [-0.4, -0.2) is 13.7 Å². The number of benzene rings is 1. The van der Waals surface area contributed by atoms with Gasteiger partial charge in [-0.25, -0.2) is 0 Å². The van der Waals surface area contributed by atoms with Gasteiger partial charge in [-0.15, -0.1) is 6.58 Å². The maximum absolute atomic E-state index is 5.08. The van der Waals surface area contributed by atoms with Crippen LogP contribution >= 0.6 is 0 Å². The Balaban J connectivity index is 2.32. The molecule has 2 heteroatoms. The van der Waals surface area contributed by atoms with Crippen LogP contribution in [0.5, 0.6) is 5.75 Å². The molecule has 0 saturated heterocycles. The molecule has 0 amide bonds. The molecule has 1 aromatic rings. The van der Waals surface area contributed by atoms with E-state index in [1.165, 1.54) is 5.56 Å². The van der Waals surface area contributed by atoms with E-state index in [1.54, 1.807) is 7.11 Å². The minimum Gasteiger partial charge on any atom is -0.497 e. The van der Waals surface area contributed by atoms with Gasteiger partial charge in [0.05, 0.1) is 7.11 Å². The molecule has 0 spiro atoms. The van der Waals surface area contributed by atoms with Crippen LogP contribution in [0.3, 0.4) is 0 Å². The zero-order valence-electron chi connectivity index (χ0n) is 8.62. The lowest BCUT2D eigenvalue weighted by Crippen LogP contribution is -2.13. The van der Waals surface area contributed by atoms with Crippen molar-refractivity contribution < 1.29 is 4.74 Å². The van der Waals surface area contributed by atoms with Gasteiger partial charge in [-0.1, -0.05) is 18.2 Å². The first-order valence-electron chi connectivity index (χ1n) is 4.81. The third kappa shape index (κ3) is 3.62. The molecule has 1 N–H and O–H groups in total. The summed E-state index contributed by atoms with van der Waals surface area (Å²) in [5.41, 5.74) is 1.27. The van der Waals surface area contributed by atoms with E-state index in [4.69, 9.17) is 4.74 Å². The lowest BCUT2D eigenvalue weighted by molar-refractivity contribution is 0.414. The molecule has 0 unspecified atom stereocenters. The Morgan fingerprint density at radius 2 is 2.07 bits per heavy atom. The second kappa shape index (κ2) is 6.22. The zero-order chi connectivity index (χ0) is 10.2. The number of ether oxygens (including phenoxy) is 1. The maximum atomic E-state index is 5.08. The lowest BCUT2D eigenvalue weighted by Gasteiger charge is -2.04. The monoisotopic (exact) mass is 191 g/mol. The molecule has 0 aliphatic rings. The van der Waals surface area contributed by atoms with E-state index in [1.807, 2.05) is 18.2 Å². The Hall–Kier alpha value is -1.28. The molecule has 0 aliphatic heterocycles. The SMILES string of the molecule is C=CCCNCc1ccc(OC)cc1. The smallest absolute Gasteiger partial charge is 0.118 e. The quantitative estimate of drug-likeness (QED) is 0.550. The van der Waals surface area contributed by atoms with E-state index in [0.29, 0.717) is 0 Å². The highest BCUT2D eigenvalue weighted by Crippen LogP contribution is 2.10. The molecule has 14 heavy (non-hydrogen) atoms. The molecule has 0 radical (unpaired) electrons. The fourth-order valence-corrected chi connectivity index (χ4v) is 1.18. The summed E-state index contributed by atoms with van der Waals surface area (Å²) in [7, 11) is 1.68. The topological polar surface area (TPSA) is 21.3 Å². The molecule has 1 aromatic carbocycles. The van der Waals surface area contributed by atoms with Crippen LogP contribution in [0.1, 0.15) is 12.0 Å². The molecule has 2 nitrogen and oxygen atoms in total. The fourth-order valence-electron chi connectivity index (χ4n) is 1.18. The van der Waals surface area contributed by atoms with Crippen LogP contribution in [0.4, 0.5) is 0 Å². The summed E-state index contributed by atoms with van der Waals surface area (Å²) in [6.45, 7) is 5.55. The summed E-state index contributed by atoms with van der Waals surface area (Å²) < 4.78 is 5.08. The summed E-state index contributed by atoms with van der Waals surface area (Å²) in [6.07, 6.45) is 2.93. The van der Waals surface area contributed by atoms with Crippen LogP contribution < -0.4 is 10.1 Å². The number of nitrogens with one attached hydrogen (secondary N) is 1. The number of hydrogen-bond acceptors (Lipinski definition) is 2. The standard InChI is InChI=1S/C12H17NO/c1-3-4-9-13-10-11-5-7-12(14-2)8-6-11/h3,5-8,13H,1,4,9-10H2,2H3. The van der Waals surface area contributed by atoms with Crippen molar-refractivity contribution >= 4 is 0 Å². The van der Waals surface area contributed by atoms with Gasteiger partial charge in [0.2, 0.25) is 0 Å². The molecule has 0 saturated carbocycles. The van der Waals surface area contributed by atoms with Crippen molar-refractivity contribution in [2.24, 2.45) is 0 Å². The average Bonchev–Trinajstić information content (AvgIpc) is 2.25. The van der Waals surface area contributed by atoms with Crippen LogP contribution in [-0.2, 0) is 6.54 Å². The summed E-state index contributed by atoms with van der Waals surface area (Å²) in [6, 6.07) is 8.09. The minimum absolute atomic E-state index is 0.901. The zero-order valence-corrected chi connectivity index (χ0v) is 8.62. The van der Waals surface area contributed by atoms with Gasteiger partial charge in [-0.2, -0.15) is 0 Å². The van der Waals surface area contributed by atoms with Crippen molar-refractivity contribution in [2.45, 2.75) is 13.0 Å². The summed E-state index contributed by atoms with van der Waals surface area (Å²) in [4.78, 5) is 0. The summed E-state index contributed by atoms with van der Waals surface area (Å²) in [5.74, 6) is 0.903. The van der Waals surface area contributed by atoms with Crippen molar-refractivity contribution in [1.29, 1.82) is 0 Å². The first-order chi connectivity index (χ1) is 6.86. The molecule has 0 aliphatic carbocycles. The number of methoxy groups -OCH3 is 1. The van der Waals surface area contributed by atoms with E-state index in [0.717, 1.165) is 25.3 Å². The Labute approximate surface area is 85.6 Å². The van der Waals surface area contributed by atoms with E-state index < -0.39 is 0 Å². The third-order valence-electron chi connectivity index (χ3n) is 2.01.